The Kier molecular flexibility index (Phi) is 4.44. The smallest absolute Gasteiger partial charge is 0.263 e. The van der Waals surface area contributed by atoms with Crippen molar-refractivity contribution >= 4 is 21.6 Å². The maximum Gasteiger partial charge on any atom is 0.263 e. The second-order valence-corrected chi connectivity index (χ2v) is 7.48. The molecule has 1 amide bonds. The molecule has 24 heavy (non-hydrogen) atoms. The van der Waals surface area contributed by atoms with Gasteiger partial charge in [-0.05, 0) is 17.7 Å². The van der Waals surface area contributed by atoms with Crippen molar-refractivity contribution in [3.8, 4) is 5.75 Å². The average Bonchev–Trinajstić information content (AvgIpc) is 2.58. The molecule has 0 saturated heterocycles. The first-order valence-corrected chi connectivity index (χ1v) is 9.35. The van der Waals surface area contributed by atoms with E-state index in [1.165, 1.54) is 4.31 Å². The van der Waals surface area contributed by atoms with Gasteiger partial charge in [-0.15, -0.1) is 0 Å². The van der Waals surface area contributed by atoms with Crippen LogP contribution >= 0.6 is 0 Å². The van der Waals surface area contributed by atoms with E-state index in [1.54, 1.807) is 24.3 Å². The van der Waals surface area contributed by atoms with Gasteiger partial charge in [-0.1, -0.05) is 42.5 Å². The number of carbonyl (C=O) groups excluding carboxylic acids is 1. The fourth-order valence-electron chi connectivity index (χ4n) is 2.55. The Morgan fingerprint density at radius 2 is 1.83 bits per heavy atom. The summed E-state index contributed by atoms with van der Waals surface area (Å²) >= 11 is 0. The first-order valence-electron chi connectivity index (χ1n) is 7.50. The summed E-state index contributed by atoms with van der Waals surface area (Å²) in [6, 6.07) is 16.3. The van der Waals surface area contributed by atoms with Crippen molar-refractivity contribution in [1.29, 1.82) is 0 Å². The van der Waals surface area contributed by atoms with Crippen LogP contribution in [0.1, 0.15) is 5.56 Å². The molecular weight excluding hydrogens is 328 g/mol. The van der Waals surface area contributed by atoms with Crippen molar-refractivity contribution in [3.63, 3.8) is 0 Å². The first-order chi connectivity index (χ1) is 11.4. The normalized spacial score (nSPS) is 16.9. The van der Waals surface area contributed by atoms with Gasteiger partial charge < -0.3 is 10.1 Å². The molecule has 0 unspecified atom stereocenters. The minimum atomic E-state index is -3.50. The van der Waals surface area contributed by atoms with E-state index in [1.807, 2.05) is 30.3 Å². The number of hydrogen-bond donors (Lipinski definition) is 1. The molecule has 1 atom stereocenters. The molecule has 6 nitrogen and oxygen atoms in total. The van der Waals surface area contributed by atoms with Gasteiger partial charge in [-0.25, -0.2) is 8.42 Å². The van der Waals surface area contributed by atoms with Crippen LogP contribution in [0.15, 0.2) is 54.6 Å². The molecule has 0 radical (unpaired) electrons. The number of rotatable bonds is 4. The molecular formula is C17H18N2O4S. The standard InChI is InChI=1S/C17H18N2O4S/c1-24(21,22)19-12-16(23-15-10-6-5-9-14(15)19)17(20)18-11-13-7-3-2-4-8-13/h2-10,16H,11-12H2,1H3,(H,18,20)/t16-/m1/s1. The number of carbonyl (C=O) groups is 1. The topological polar surface area (TPSA) is 75.7 Å². The third kappa shape index (κ3) is 3.51. The highest BCUT2D eigenvalue weighted by atomic mass is 32.2. The molecule has 7 heteroatoms. The van der Waals surface area contributed by atoms with E-state index in [0.29, 0.717) is 18.0 Å². The zero-order chi connectivity index (χ0) is 17.2. The number of hydrogen-bond acceptors (Lipinski definition) is 4. The largest absolute Gasteiger partial charge is 0.476 e. The van der Waals surface area contributed by atoms with Crippen molar-refractivity contribution in [2.24, 2.45) is 0 Å². The Bertz CT molecular complexity index is 837. The Labute approximate surface area is 141 Å². The lowest BCUT2D eigenvalue weighted by Crippen LogP contribution is -2.50. The summed E-state index contributed by atoms with van der Waals surface area (Å²) < 4.78 is 31.0. The minimum absolute atomic E-state index is 0.0452. The third-order valence-electron chi connectivity index (χ3n) is 3.74. The molecule has 2 aromatic carbocycles. The van der Waals surface area contributed by atoms with Gasteiger partial charge in [0.2, 0.25) is 10.0 Å². The van der Waals surface area contributed by atoms with Crippen LogP contribution in [0, 0.1) is 0 Å². The lowest BCUT2D eigenvalue weighted by atomic mass is 10.2. The van der Waals surface area contributed by atoms with Gasteiger partial charge in [0.05, 0.1) is 18.5 Å². The molecule has 1 N–H and O–H groups in total. The van der Waals surface area contributed by atoms with E-state index < -0.39 is 16.1 Å². The maximum atomic E-state index is 12.4. The minimum Gasteiger partial charge on any atom is -0.476 e. The van der Waals surface area contributed by atoms with Crippen LogP contribution in [0.3, 0.4) is 0 Å². The van der Waals surface area contributed by atoms with E-state index in [9.17, 15) is 13.2 Å². The van der Waals surface area contributed by atoms with Gasteiger partial charge in [0.15, 0.2) is 6.10 Å². The molecule has 0 saturated carbocycles. The maximum absolute atomic E-state index is 12.4. The van der Waals surface area contributed by atoms with Crippen molar-refractivity contribution in [2.45, 2.75) is 12.6 Å². The predicted molar refractivity (Wildman–Crippen MR) is 91.3 cm³/mol. The summed E-state index contributed by atoms with van der Waals surface area (Å²) in [6.07, 6.45) is 0.229. The number of amides is 1. The summed E-state index contributed by atoms with van der Waals surface area (Å²) in [4.78, 5) is 12.4. The lowest BCUT2D eigenvalue weighted by Gasteiger charge is -2.33. The highest BCUT2D eigenvalue weighted by molar-refractivity contribution is 7.92. The molecule has 0 bridgehead atoms. The second-order valence-electron chi connectivity index (χ2n) is 5.57. The second kappa shape index (κ2) is 6.52. The van der Waals surface area contributed by atoms with E-state index >= 15 is 0 Å². The monoisotopic (exact) mass is 346 g/mol. The molecule has 0 fully saturated rings. The Balaban J connectivity index is 1.76. The lowest BCUT2D eigenvalue weighted by molar-refractivity contribution is -0.127. The van der Waals surface area contributed by atoms with Gasteiger partial charge in [-0.2, -0.15) is 0 Å². The number of para-hydroxylation sites is 2. The highest BCUT2D eigenvalue weighted by Gasteiger charge is 2.34. The quantitative estimate of drug-likeness (QED) is 0.911. The summed E-state index contributed by atoms with van der Waals surface area (Å²) in [5.74, 6) is 0.0380. The van der Waals surface area contributed by atoms with Crippen LogP contribution in [0.5, 0.6) is 5.75 Å². The summed E-state index contributed by atoms with van der Waals surface area (Å²) in [5, 5.41) is 2.79. The van der Waals surface area contributed by atoms with Crippen LogP contribution in [0.25, 0.3) is 0 Å². The number of nitrogens with one attached hydrogen (secondary N) is 1. The molecule has 2 aromatic rings. The van der Waals surface area contributed by atoms with Gasteiger partial charge >= 0.3 is 0 Å². The molecule has 0 aromatic heterocycles. The zero-order valence-corrected chi connectivity index (χ0v) is 14.0. The first kappa shape index (κ1) is 16.3. The van der Waals surface area contributed by atoms with E-state index in [2.05, 4.69) is 5.32 Å². The molecule has 3 rings (SSSR count). The summed E-state index contributed by atoms with van der Waals surface area (Å²) in [7, 11) is -3.50. The van der Waals surface area contributed by atoms with Crippen LogP contribution in [0.2, 0.25) is 0 Å². The third-order valence-corrected chi connectivity index (χ3v) is 4.88. The van der Waals surface area contributed by atoms with Crippen LogP contribution in [0.4, 0.5) is 5.69 Å². The Morgan fingerprint density at radius 3 is 2.54 bits per heavy atom. The van der Waals surface area contributed by atoms with Crippen molar-refractivity contribution < 1.29 is 17.9 Å². The predicted octanol–water partition coefficient (Wildman–Crippen LogP) is 1.53. The van der Waals surface area contributed by atoms with Crippen LogP contribution in [-0.2, 0) is 21.4 Å². The molecule has 126 valence electrons. The molecule has 1 heterocycles. The van der Waals surface area contributed by atoms with E-state index in [0.717, 1.165) is 11.8 Å². The van der Waals surface area contributed by atoms with Crippen molar-refractivity contribution in [1.82, 2.24) is 5.32 Å². The van der Waals surface area contributed by atoms with Crippen molar-refractivity contribution in [3.05, 3.63) is 60.2 Å². The number of sulfonamides is 1. The summed E-state index contributed by atoms with van der Waals surface area (Å²) in [5.41, 5.74) is 1.41. The number of ether oxygens (including phenoxy) is 1. The molecule has 0 spiro atoms. The number of anilines is 1. The van der Waals surface area contributed by atoms with E-state index in [4.69, 9.17) is 4.74 Å². The molecule has 1 aliphatic rings. The van der Waals surface area contributed by atoms with Gasteiger partial charge in [0, 0.05) is 6.54 Å². The van der Waals surface area contributed by atoms with Gasteiger partial charge in [-0.3, -0.25) is 9.10 Å². The molecule has 0 aliphatic carbocycles. The van der Waals surface area contributed by atoms with E-state index in [-0.39, 0.29) is 12.5 Å². The van der Waals surface area contributed by atoms with Gasteiger partial charge in [0.25, 0.3) is 5.91 Å². The number of fused-ring (bicyclic) bond motifs is 1. The highest BCUT2D eigenvalue weighted by Crippen LogP contribution is 2.34. The fourth-order valence-corrected chi connectivity index (χ4v) is 3.47. The zero-order valence-electron chi connectivity index (χ0n) is 13.2. The molecule has 1 aliphatic heterocycles. The van der Waals surface area contributed by atoms with Crippen LogP contribution in [-0.4, -0.2) is 33.2 Å². The summed E-state index contributed by atoms with van der Waals surface area (Å²) in [6.45, 7) is 0.316. The number of benzene rings is 2. The van der Waals surface area contributed by atoms with Crippen LogP contribution < -0.4 is 14.4 Å². The van der Waals surface area contributed by atoms with Crippen molar-refractivity contribution in [2.75, 3.05) is 17.1 Å². The SMILES string of the molecule is CS(=O)(=O)N1C[C@H](C(=O)NCc2ccccc2)Oc2ccccc21. The Morgan fingerprint density at radius 1 is 1.17 bits per heavy atom. The Hall–Kier alpha value is -2.54. The fraction of sp³-hybridized carbons (Fsp3) is 0.235. The van der Waals surface area contributed by atoms with Gasteiger partial charge in [0.1, 0.15) is 5.75 Å². The number of nitrogens with zero attached hydrogens (tertiary/aromatic N) is 1. The average molecular weight is 346 g/mol.